The largest absolute Gasteiger partial charge is 0.493 e. The van der Waals surface area contributed by atoms with Gasteiger partial charge in [0.15, 0.2) is 11.5 Å². The Kier molecular flexibility index (Phi) is 4.15. The molecule has 3 rings (SSSR count). The first-order valence-electron chi connectivity index (χ1n) is 7.24. The Morgan fingerprint density at radius 1 is 1.08 bits per heavy atom. The number of aryl methyl sites for hydroxylation is 2. The first-order chi connectivity index (χ1) is 11.5. The van der Waals surface area contributed by atoms with Crippen LogP contribution in [0.5, 0.6) is 11.5 Å². The summed E-state index contributed by atoms with van der Waals surface area (Å²) in [6.45, 7) is 2.00. The number of benzene rings is 1. The molecule has 7 nitrogen and oxygen atoms in total. The van der Waals surface area contributed by atoms with Gasteiger partial charge in [0.1, 0.15) is 11.5 Å². The highest BCUT2D eigenvalue weighted by atomic mass is 32.2. The Morgan fingerprint density at radius 2 is 1.79 bits per heavy atom. The molecule has 1 aromatic carbocycles. The molecule has 3 aromatic rings. The van der Waals surface area contributed by atoms with Gasteiger partial charge in [-0.1, -0.05) is 11.8 Å². The Morgan fingerprint density at radius 3 is 2.46 bits per heavy atom. The number of nitrogen functional groups attached to an aromatic ring is 2. The number of nitrogens with zero attached hydrogens (tertiary/aromatic N) is 3. The number of anilines is 2. The minimum atomic E-state index is 0.170. The van der Waals surface area contributed by atoms with Crippen molar-refractivity contribution in [2.24, 2.45) is 7.05 Å². The summed E-state index contributed by atoms with van der Waals surface area (Å²) in [5, 5.41) is 1.85. The average molecular weight is 345 g/mol. The van der Waals surface area contributed by atoms with Crippen molar-refractivity contribution in [3.63, 3.8) is 0 Å². The number of methoxy groups -OCH3 is 2. The van der Waals surface area contributed by atoms with E-state index in [-0.39, 0.29) is 5.95 Å². The number of nitrogens with two attached hydrogens (primary N) is 2. The molecule has 0 bridgehead atoms. The van der Waals surface area contributed by atoms with Crippen molar-refractivity contribution in [1.29, 1.82) is 0 Å². The van der Waals surface area contributed by atoms with Crippen molar-refractivity contribution < 1.29 is 9.47 Å². The quantitative estimate of drug-likeness (QED) is 0.749. The SMILES string of the molecule is COc1ccc(Sc2c(C)c3c(N)nc(N)nc3n2C)cc1OC. The Balaban J connectivity index is 2.09. The van der Waals surface area contributed by atoms with E-state index in [1.165, 1.54) is 0 Å². The second-order valence-corrected chi connectivity index (χ2v) is 6.34. The highest BCUT2D eigenvalue weighted by Crippen LogP contribution is 2.40. The van der Waals surface area contributed by atoms with Gasteiger partial charge in [-0.25, -0.2) is 0 Å². The van der Waals surface area contributed by atoms with Gasteiger partial charge in [-0.2, -0.15) is 9.97 Å². The van der Waals surface area contributed by atoms with Crippen LogP contribution in [0.2, 0.25) is 0 Å². The van der Waals surface area contributed by atoms with E-state index in [0.29, 0.717) is 17.3 Å². The fourth-order valence-corrected chi connectivity index (χ4v) is 3.68. The van der Waals surface area contributed by atoms with Gasteiger partial charge >= 0.3 is 0 Å². The molecule has 126 valence electrons. The van der Waals surface area contributed by atoms with Crippen LogP contribution in [0.4, 0.5) is 11.8 Å². The summed E-state index contributed by atoms with van der Waals surface area (Å²) in [6.07, 6.45) is 0. The summed E-state index contributed by atoms with van der Waals surface area (Å²) < 4.78 is 12.6. The zero-order valence-electron chi connectivity index (χ0n) is 14.0. The monoisotopic (exact) mass is 345 g/mol. The van der Waals surface area contributed by atoms with Crippen LogP contribution in [0.1, 0.15) is 5.56 Å². The maximum atomic E-state index is 6.03. The fraction of sp³-hybridized carbons (Fsp3) is 0.250. The Labute approximate surface area is 144 Å². The smallest absolute Gasteiger partial charge is 0.223 e. The van der Waals surface area contributed by atoms with Gasteiger partial charge in [0.05, 0.1) is 24.6 Å². The van der Waals surface area contributed by atoms with E-state index in [1.54, 1.807) is 26.0 Å². The van der Waals surface area contributed by atoms with Gasteiger partial charge in [0.25, 0.3) is 0 Å². The lowest BCUT2D eigenvalue weighted by atomic mass is 10.2. The molecule has 0 aliphatic carbocycles. The van der Waals surface area contributed by atoms with Gasteiger partial charge in [0, 0.05) is 11.9 Å². The van der Waals surface area contributed by atoms with Crippen molar-refractivity contribution in [3.8, 4) is 11.5 Å². The summed E-state index contributed by atoms with van der Waals surface area (Å²) in [5.41, 5.74) is 13.5. The molecule has 0 aliphatic heterocycles. The Hall–Kier alpha value is -2.61. The number of fused-ring (bicyclic) bond motifs is 1. The molecule has 4 N–H and O–H groups in total. The summed E-state index contributed by atoms with van der Waals surface area (Å²) in [6, 6.07) is 5.79. The third-order valence-electron chi connectivity index (χ3n) is 3.82. The lowest BCUT2D eigenvalue weighted by Gasteiger charge is -2.10. The van der Waals surface area contributed by atoms with Crippen molar-refractivity contribution in [3.05, 3.63) is 23.8 Å². The molecular weight excluding hydrogens is 326 g/mol. The first-order valence-corrected chi connectivity index (χ1v) is 8.05. The van der Waals surface area contributed by atoms with Crippen LogP contribution in [0.15, 0.2) is 28.1 Å². The van der Waals surface area contributed by atoms with E-state index < -0.39 is 0 Å². The second kappa shape index (κ2) is 6.12. The summed E-state index contributed by atoms with van der Waals surface area (Å²) in [7, 11) is 5.17. The molecule has 0 aliphatic rings. The molecule has 0 saturated carbocycles. The lowest BCUT2D eigenvalue weighted by molar-refractivity contribution is 0.354. The third kappa shape index (κ3) is 2.58. The maximum absolute atomic E-state index is 6.03. The van der Waals surface area contributed by atoms with Gasteiger partial charge in [-0.15, -0.1) is 0 Å². The molecule has 24 heavy (non-hydrogen) atoms. The van der Waals surface area contributed by atoms with E-state index in [2.05, 4.69) is 9.97 Å². The van der Waals surface area contributed by atoms with E-state index in [0.717, 1.165) is 26.5 Å². The van der Waals surface area contributed by atoms with E-state index in [1.807, 2.05) is 36.7 Å². The third-order valence-corrected chi connectivity index (χ3v) is 5.09. The van der Waals surface area contributed by atoms with Crippen LogP contribution in [-0.4, -0.2) is 28.8 Å². The van der Waals surface area contributed by atoms with Crippen molar-refractivity contribution in [1.82, 2.24) is 14.5 Å². The van der Waals surface area contributed by atoms with Crippen LogP contribution in [0, 0.1) is 6.92 Å². The van der Waals surface area contributed by atoms with Crippen LogP contribution in [0.25, 0.3) is 11.0 Å². The topological polar surface area (TPSA) is 101 Å². The van der Waals surface area contributed by atoms with Crippen molar-refractivity contribution in [2.45, 2.75) is 16.8 Å². The number of hydrogen-bond acceptors (Lipinski definition) is 7. The summed E-state index contributed by atoms with van der Waals surface area (Å²) >= 11 is 1.59. The molecule has 2 heterocycles. The standard InChI is InChI=1S/C16H19N5O2S/c1-8-12-13(17)19-16(18)20-14(12)21(2)15(8)24-9-5-6-10(22-3)11(7-9)23-4/h5-7H,1-4H3,(H4,17,18,19,20). The normalized spacial score (nSPS) is 11.0. The van der Waals surface area contributed by atoms with Crippen molar-refractivity contribution >= 4 is 34.6 Å². The van der Waals surface area contributed by atoms with Crippen LogP contribution in [-0.2, 0) is 7.05 Å². The van der Waals surface area contributed by atoms with Crippen LogP contribution in [0.3, 0.4) is 0 Å². The van der Waals surface area contributed by atoms with Gasteiger partial charge in [0.2, 0.25) is 5.95 Å². The molecule has 0 fully saturated rings. The minimum absolute atomic E-state index is 0.170. The molecule has 0 saturated heterocycles. The second-order valence-electron chi connectivity index (χ2n) is 5.27. The predicted octanol–water partition coefficient (Wildman–Crippen LogP) is 2.61. The van der Waals surface area contributed by atoms with E-state index >= 15 is 0 Å². The number of aromatic nitrogens is 3. The van der Waals surface area contributed by atoms with Gasteiger partial charge in [-0.3, -0.25) is 0 Å². The molecular formula is C16H19N5O2S. The highest BCUT2D eigenvalue weighted by molar-refractivity contribution is 7.99. The number of rotatable bonds is 4. The molecule has 0 radical (unpaired) electrons. The highest BCUT2D eigenvalue weighted by Gasteiger charge is 2.18. The van der Waals surface area contributed by atoms with Gasteiger partial charge in [-0.05, 0) is 30.7 Å². The number of ether oxygens (including phenoxy) is 2. The van der Waals surface area contributed by atoms with E-state index in [9.17, 15) is 0 Å². The summed E-state index contributed by atoms with van der Waals surface area (Å²) in [5.74, 6) is 1.94. The molecule has 0 amide bonds. The first kappa shape index (κ1) is 16.3. The molecule has 0 atom stereocenters. The minimum Gasteiger partial charge on any atom is -0.493 e. The maximum Gasteiger partial charge on any atom is 0.223 e. The van der Waals surface area contributed by atoms with Crippen molar-refractivity contribution in [2.75, 3.05) is 25.7 Å². The Bertz CT molecular complexity index is 923. The molecule has 0 spiro atoms. The van der Waals surface area contributed by atoms with E-state index in [4.69, 9.17) is 20.9 Å². The predicted molar refractivity (Wildman–Crippen MR) is 95.7 cm³/mol. The van der Waals surface area contributed by atoms with Gasteiger partial charge < -0.3 is 25.5 Å². The average Bonchev–Trinajstić information content (AvgIpc) is 2.79. The molecule has 2 aromatic heterocycles. The number of hydrogen-bond donors (Lipinski definition) is 2. The van der Waals surface area contributed by atoms with Crippen LogP contribution >= 0.6 is 11.8 Å². The summed E-state index contributed by atoms with van der Waals surface area (Å²) in [4.78, 5) is 9.39. The zero-order valence-corrected chi connectivity index (χ0v) is 14.8. The zero-order chi connectivity index (χ0) is 17.4. The molecule has 8 heteroatoms. The molecule has 0 unspecified atom stereocenters. The fourth-order valence-electron chi connectivity index (χ4n) is 2.68. The van der Waals surface area contributed by atoms with Crippen LogP contribution < -0.4 is 20.9 Å². The lowest BCUT2D eigenvalue weighted by Crippen LogP contribution is -2.01.